The van der Waals surface area contributed by atoms with Gasteiger partial charge in [0, 0.05) is 32.6 Å². The third-order valence-corrected chi connectivity index (χ3v) is 4.14. The predicted molar refractivity (Wildman–Crippen MR) is 81.5 cm³/mol. The minimum Gasteiger partial charge on any atom is -0.340 e. The monoisotopic (exact) mass is 302 g/mol. The van der Waals surface area contributed by atoms with Crippen molar-refractivity contribution in [3.8, 4) is 0 Å². The molecule has 0 saturated carbocycles. The lowest BCUT2D eigenvalue weighted by molar-refractivity contribution is 0.0801. The number of amides is 1. The molecule has 0 aliphatic carbocycles. The number of fused-ring (bicyclic) bond motifs is 1. The van der Waals surface area contributed by atoms with Gasteiger partial charge in [0.05, 0.1) is 10.6 Å². The number of nitrogens with zero attached hydrogens (tertiary/aromatic N) is 3. The van der Waals surface area contributed by atoms with Crippen LogP contribution in [-0.4, -0.2) is 47.8 Å². The fourth-order valence-corrected chi connectivity index (χ4v) is 3.00. The summed E-state index contributed by atoms with van der Waals surface area (Å²) in [5.74, 6) is 0.0749. The van der Waals surface area contributed by atoms with E-state index in [9.17, 15) is 4.79 Å². The molecule has 19 heavy (non-hydrogen) atoms. The van der Waals surface area contributed by atoms with E-state index in [0.717, 1.165) is 27.3 Å². The maximum atomic E-state index is 12.2. The molecule has 2 aromatic rings. The Morgan fingerprint density at radius 3 is 2.84 bits per heavy atom. The van der Waals surface area contributed by atoms with E-state index in [1.807, 2.05) is 38.8 Å². The maximum absolute atomic E-state index is 12.2. The summed E-state index contributed by atoms with van der Waals surface area (Å²) in [4.78, 5) is 15.8. The molecular weight excluding hydrogens is 284 g/mol. The molecule has 5 nitrogen and oxygen atoms in total. The zero-order chi connectivity index (χ0) is 13.3. The lowest BCUT2D eigenvalue weighted by Crippen LogP contribution is -2.32. The molecule has 2 rings (SSSR count). The van der Waals surface area contributed by atoms with Gasteiger partial charge in [-0.15, -0.1) is 23.7 Å². The minimum absolute atomic E-state index is 0. The molecular formula is C12H19ClN4OS. The van der Waals surface area contributed by atoms with Crippen LogP contribution in [0, 0.1) is 6.92 Å². The van der Waals surface area contributed by atoms with E-state index in [4.69, 9.17) is 0 Å². The molecule has 0 aliphatic rings. The Morgan fingerprint density at radius 2 is 2.26 bits per heavy atom. The Bertz CT molecular complexity index is 543. The first-order valence-electron chi connectivity index (χ1n) is 5.87. The average Bonchev–Trinajstić information content (AvgIpc) is 2.88. The van der Waals surface area contributed by atoms with Gasteiger partial charge in [0.1, 0.15) is 4.83 Å². The number of nitrogens with one attached hydrogen (secondary N) is 1. The summed E-state index contributed by atoms with van der Waals surface area (Å²) in [5, 5.41) is 8.45. The van der Waals surface area contributed by atoms with Gasteiger partial charge in [-0.25, -0.2) is 0 Å². The highest BCUT2D eigenvalue weighted by atomic mass is 35.5. The first-order chi connectivity index (χ1) is 8.54. The van der Waals surface area contributed by atoms with E-state index in [1.54, 1.807) is 4.90 Å². The van der Waals surface area contributed by atoms with E-state index in [1.165, 1.54) is 11.3 Å². The van der Waals surface area contributed by atoms with Gasteiger partial charge in [0.15, 0.2) is 0 Å². The van der Waals surface area contributed by atoms with Gasteiger partial charge >= 0.3 is 0 Å². The minimum atomic E-state index is 0. The first kappa shape index (κ1) is 15.9. The van der Waals surface area contributed by atoms with Gasteiger partial charge in [-0.05, 0) is 20.0 Å². The van der Waals surface area contributed by atoms with Crippen LogP contribution in [0.1, 0.15) is 15.4 Å². The fraction of sp³-hybridized carbons (Fsp3) is 0.500. The maximum Gasteiger partial charge on any atom is 0.263 e. The summed E-state index contributed by atoms with van der Waals surface area (Å²) in [6, 6.07) is 1.94. The third-order valence-electron chi connectivity index (χ3n) is 2.95. The molecule has 0 atom stereocenters. The standard InChI is InChI=1S/C12H18N4OS.ClH/c1-8-9-7-10(18-12(9)16(4)14-8)11(17)15(3)6-5-13-2;/h7,13H,5-6H2,1-4H3;1H. The number of hydrogen-bond donors (Lipinski definition) is 1. The smallest absolute Gasteiger partial charge is 0.263 e. The number of aryl methyl sites for hydroxylation is 2. The summed E-state index contributed by atoms with van der Waals surface area (Å²) >= 11 is 1.50. The molecule has 0 aliphatic heterocycles. The van der Waals surface area contributed by atoms with E-state index in [-0.39, 0.29) is 18.3 Å². The van der Waals surface area contributed by atoms with Crippen LogP contribution >= 0.6 is 23.7 Å². The van der Waals surface area contributed by atoms with Crippen molar-refractivity contribution in [2.45, 2.75) is 6.92 Å². The van der Waals surface area contributed by atoms with Crippen LogP contribution in [0.5, 0.6) is 0 Å². The van der Waals surface area contributed by atoms with E-state index in [0.29, 0.717) is 6.54 Å². The van der Waals surface area contributed by atoms with E-state index >= 15 is 0 Å². The fourth-order valence-electron chi connectivity index (χ4n) is 1.88. The van der Waals surface area contributed by atoms with Crippen molar-refractivity contribution >= 4 is 39.9 Å². The lowest BCUT2D eigenvalue weighted by atomic mass is 10.3. The number of aromatic nitrogens is 2. The first-order valence-corrected chi connectivity index (χ1v) is 6.69. The van der Waals surface area contributed by atoms with Gasteiger partial charge in [-0.1, -0.05) is 0 Å². The molecule has 0 radical (unpaired) electrons. The van der Waals surface area contributed by atoms with Gasteiger partial charge in [-0.3, -0.25) is 9.48 Å². The normalized spacial score (nSPS) is 10.5. The van der Waals surface area contributed by atoms with Crippen LogP contribution in [0.15, 0.2) is 6.07 Å². The van der Waals surface area contributed by atoms with Crippen molar-refractivity contribution in [2.75, 3.05) is 27.2 Å². The molecule has 2 heterocycles. The second kappa shape index (κ2) is 6.36. The summed E-state index contributed by atoms with van der Waals surface area (Å²) in [5.41, 5.74) is 0.973. The molecule has 0 bridgehead atoms. The highest BCUT2D eigenvalue weighted by Crippen LogP contribution is 2.28. The number of carbonyl (C=O) groups excluding carboxylic acids is 1. The van der Waals surface area contributed by atoms with Gasteiger partial charge in [0.25, 0.3) is 5.91 Å². The molecule has 0 fully saturated rings. The Kier molecular flexibility index (Phi) is 5.34. The number of thiophene rings is 1. The van der Waals surface area contributed by atoms with Gasteiger partial charge < -0.3 is 10.2 Å². The number of halogens is 1. The Hall–Kier alpha value is -1.11. The SMILES string of the molecule is CNCCN(C)C(=O)c1cc2c(C)nn(C)c2s1.Cl. The number of rotatable bonds is 4. The third kappa shape index (κ3) is 3.08. The van der Waals surface area contributed by atoms with Crippen LogP contribution in [-0.2, 0) is 7.05 Å². The Labute approximate surface area is 123 Å². The zero-order valence-corrected chi connectivity index (χ0v) is 13.2. The number of likely N-dealkylation sites (N-methyl/N-ethyl adjacent to an activating group) is 2. The van der Waals surface area contributed by atoms with Crippen LogP contribution in [0.3, 0.4) is 0 Å². The Balaban J connectivity index is 0.00000180. The van der Waals surface area contributed by atoms with Crippen molar-refractivity contribution in [1.82, 2.24) is 20.0 Å². The summed E-state index contributed by atoms with van der Waals surface area (Å²) in [6.45, 7) is 3.47. The molecule has 0 unspecified atom stereocenters. The highest BCUT2D eigenvalue weighted by Gasteiger charge is 2.17. The van der Waals surface area contributed by atoms with Gasteiger partial charge in [-0.2, -0.15) is 5.10 Å². The van der Waals surface area contributed by atoms with Crippen molar-refractivity contribution in [3.63, 3.8) is 0 Å². The topological polar surface area (TPSA) is 50.2 Å². The van der Waals surface area contributed by atoms with Crippen LogP contribution in [0.2, 0.25) is 0 Å². The summed E-state index contributed by atoms with van der Waals surface area (Å²) < 4.78 is 1.83. The molecule has 1 amide bonds. The second-order valence-corrected chi connectivity index (χ2v) is 5.40. The van der Waals surface area contributed by atoms with Crippen LogP contribution < -0.4 is 5.32 Å². The molecule has 106 valence electrons. The second-order valence-electron chi connectivity index (χ2n) is 4.37. The average molecular weight is 303 g/mol. The van der Waals surface area contributed by atoms with Crippen molar-refractivity contribution in [2.24, 2.45) is 7.05 Å². The van der Waals surface area contributed by atoms with Crippen molar-refractivity contribution in [1.29, 1.82) is 0 Å². The van der Waals surface area contributed by atoms with E-state index < -0.39 is 0 Å². The molecule has 7 heteroatoms. The lowest BCUT2D eigenvalue weighted by Gasteiger charge is -2.15. The molecule has 0 aromatic carbocycles. The summed E-state index contributed by atoms with van der Waals surface area (Å²) in [7, 11) is 5.62. The quantitative estimate of drug-likeness (QED) is 0.934. The summed E-state index contributed by atoms with van der Waals surface area (Å²) in [6.07, 6.45) is 0. The van der Waals surface area contributed by atoms with Crippen molar-refractivity contribution in [3.05, 3.63) is 16.6 Å². The molecule has 0 spiro atoms. The van der Waals surface area contributed by atoms with Gasteiger partial charge in [0.2, 0.25) is 0 Å². The number of carbonyl (C=O) groups is 1. The Morgan fingerprint density at radius 1 is 1.58 bits per heavy atom. The largest absolute Gasteiger partial charge is 0.340 e. The zero-order valence-electron chi connectivity index (χ0n) is 11.6. The molecule has 1 N–H and O–H groups in total. The number of hydrogen-bond acceptors (Lipinski definition) is 4. The molecule has 0 saturated heterocycles. The predicted octanol–water partition coefficient (Wildman–Crippen LogP) is 1.66. The van der Waals surface area contributed by atoms with Crippen molar-refractivity contribution < 1.29 is 4.79 Å². The van der Waals surface area contributed by atoms with Crippen LogP contribution in [0.4, 0.5) is 0 Å². The van der Waals surface area contributed by atoms with Crippen LogP contribution in [0.25, 0.3) is 10.2 Å². The highest BCUT2D eigenvalue weighted by molar-refractivity contribution is 7.20. The van der Waals surface area contributed by atoms with E-state index in [2.05, 4.69) is 10.4 Å². The molecule has 2 aromatic heterocycles.